The van der Waals surface area contributed by atoms with E-state index in [1.165, 1.54) is 5.56 Å². The van der Waals surface area contributed by atoms with Crippen LogP contribution in [0.3, 0.4) is 0 Å². The molecule has 0 heterocycles. The monoisotopic (exact) mass is 271 g/mol. The first kappa shape index (κ1) is 14.3. The molecule has 0 amide bonds. The van der Waals surface area contributed by atoms with Crippen LogP contribution in [0.2, 0.25) is 0 Å². The highest BCUT2D eigenvalue weighted by Gasteiger charge is 2.01. The molecule has 0 atom stereocenters. The van der Waals surface area contributed by atoms with E-state index in [2.05, 4.69) is 24.4 Å². The number of anilines is 1. The Kier molecular flexibility index (Phi) is 5.30. The van der Waals surface area contributed by atoms with E-state index in [9.17, 15) is 0 Å². The second-order valence-electron chi connectivity index (χ2n) is 4.55. The van der Waals surface area contributed by atoms with Gasteiger partial charge in [-0.1, -0.05) is 31.2 Å². The van der Waals surface area contributed by atoms with Gasteiger partial charge in [-0.05, 0) is 36.2 Å². The number of nitrogens with one attached hydrogen (secondary N) is 1. The molecule has 1 N–H and O–H groups in total. The fourth-order valence-corrected chi connectivity index (χ4v) is 1.95. The lowest BCUT2D eigenvalue weighted by Gasteiger charge is -2.12. The van der Waals surface area contributed by atoms with Crippen molar-refractivity contribution in [3.63, 3.8) is 0 Å². The summed E-state index contributed by atoms with van der Waals surface area (Å²) >= 11 is 0. The fraction of sp³-hybridized carbons (Fsp3) is 0.294. The normalized spacial score (nSPS) is 10.1. The molecule has 20 heavy (non-hydrogen) atoms. The molecule has 0 saturated carbocycles. The summed E-state index contributed by atoms with van der Waals surface area (Å²) in [6, 6.07) is 16.1. The van der Waals surface area contributed by atoms with Gasteiger partial charge in [0.05, 0.1) is 19.4 Å². The predicted octanol–water partition coefficient (Wildman–Crippen LogP) is 4.10. The van der Waals surface area contributed by atoms with Crippen molar-refractivity contribution in [2.24, 2.45) is 0 Å². The van der Waals surface area contributed by atoms with Crippen molar-refractivity contribution >= 4 is 5.69 Å². The van der Waals surface area contributed by atoms with Crippen LogP contribution in [0.5, 0.6) is 11.5 Å². The average molecular weight is 271 g/mol. The van der Waals surface area contributed by atoms with Gasteiger partial charge in [0.1, 0.15) is 11.5 Å². The molecular weight excluding hydrogens is 250 g/mol. The zero-order chi connectivity index (χ0) is 14.2. The van der Waals surface area contributed by atoms with Crippen LogP contribution in [-0.4, -0.2) is 13.7 Å². The third-order valence-corrected chi connectivity index (χ3v) is 2.96. The van der Waals surface area contributed by atoms with E-state index in [0.717, 1.165) is 36.8 Å². The van der Waals surface area contributed by atoms with Crippen LogP contribution in [-0.2, 0) is 6.54 Å². The summed E-state index contributed by atoms with van der Waals surface area (Å²) in [5.74, 6) is 1.78. The third kappa shape index (κ3) is 3.92. The Hall–Kier alpha value is -2.16. The number of para-hydroxylation sites is 2. The molecule has 0 saturated heterocycles. The Morgan fingerprint density at radius 2 is 1.90 bits per heavy atom. The van der Waals surface area contributed by atoms with Crippen molar-refractivity contribution in [1.82, 2.24) is 0 Å². The maximum absolute atomic E-state index is 5.64. The summed E-state index contributed by atoms with van der Waals surface area (Å²) in [6.45, 7) is 3.60. The number of rotatable bonds is 7. The van der Waals surface area contributed by atoms with Gasteiger partial charge in [-0.25, -0.2) is 0 Å². The Balaban J connectivity index is 1.99. The molecule has 0 radical (unpaired) electrons. The number of methoxy groups -OCH3 is 1. The van der Waals surface area contributed by atoms with Crippen LogP contribution >= 0.6 is 0 Å². The number of ether oxygens (including phenoxy) is 2. The van der Waals surface area contributed by atoms with Gasteiger partial charge in [0.15, 0.2) is 0 Å². The van der Waals surface area contributed by atoms with Gasteiger partial charge in [0.25, 0.3) is 0 Å². The Bertz CT molecular complexity index is 540. The minimum atomic E-state index is 0.740. The third-order valence-electron chi connectivity index (χ3n) is 2.96. The average Bonchev–Trinajstić information content (AvgIpc) is 2.51. The van der Waals surface area contributed by atoms with E-state index in [0.29, 0.717) is 0 Å². The van der Waals surface area contributed by atoms with Crippen LogP contribution in [0.4, 0.5) is 5.69 Å². The number of benzene rings is 2. The van der Waals surface area contributed by atoms with Crippen molar-refractivity contribution in [1.29, 1.82) is 0 Å². The zero-order valence-electron chi connectivity index (χ0n) is 12.1. The predicted molar refractivity (Wildman–Crippen MR) is 82.5 cm³/mol. The lowest BCUT2D eigenvalue weighted by atomic mass is 10.2. The van der Waals surface area contributed by atoms with Gasteiger partial charge in [0.2, 0.25) is 0 Å². The van der Waals surface area contributed by atoms with E-state index >= 15 is 0 Å². The first-order valence-corrected chi connectivity index (χ1v) is 6.92. The van der Waals surface area contributed by atoms with Crippen LogP contribution in [0.25, 0.3) is 0 Å². The summed E-state index contributed by atoms with van der Waals surface area (Å²) in [5.41, 5.74) is 2.18. The summed E-state index contributed by atoms with van der Waals surface area (Å²) in [4.78, 5) is 0. The topological polar surface area (TPSA) is 30.5 Å². The largest absolute Gasteiger partial charge is 0.495 e. The lowest BCUT2D eigenvalue weighted by molar-refractivity contribution is 0.317. The molecule has 2 aromatic rings. The highest BCUT2D eigenvalue weighted by Crippen LogP contribution is 2.24. The molecule has 2 aromatic carbocycles. The van der Waals surface area contributed by atoms with Gasteiger partial charge in [-0.15, -0.1) is 0 Å². The number of hydrogen-bond donors (Lipinski definition) is 1. The lowest BCUT2D eigenvalue weighted by Crippen LogP contribution is -2.02. The summed E-state index contributed by atoms with van der Waals surface area (Å²) in [6.07, 6.45) is 1.02. The number of hydrogen-bond acceptors (Lipinski definition) is 3. The van der Waals surface area contributed by atoms with E-state index in [4.69, 9.17) is 9.47 Å². The molecule has 0 fully saturated rings. The highest BCUT2D eigenvalue weighted by molar-refractivity contribution is 5.56. The van der Waals surface area contributed by atoms with Gasteiger partial charge < -0.3 is 14.8 Å². The molecule has 0 unspecified atom stereocenters. The quantitative estimate of drug-likeness (QED) is 0.822. The highest BCUT2D eigenvalue weighted by atomic mass is 16.5. The smallest absolute Gasteiger partial charge is 0.141 e. The maximum Gasteiger partial charge on any atom is 0.141 e. The van der Waals surface area contributed by atoms with Crippen LogP contribution in [0.1, 0.15) is 18.9 Å². The first-order chi connectivity index (χ1) is 9.83. The summed E-state index contributed by atoms with van der Waals surface area (Å²) < 4.78 is 11.0. The molecule has 0 aliphatic rings. The van der Waals surface area contributed by atoms with E-state index in [1.807, 2.05) is 36.4 Å². The van der Waals surface area contributed by atoms with Crippen molar-refractivity contribution < 1.29 is 9.47 Å². The zero-order valence-corrected chi connectivity index (χ0v) is 12.1. The van der Waals surface area contributed by atoms with Gasteiger partial charge >= 0.3 is 0 Å². The van der Waals surface area contributed by atoms with Crippen molar-refractivity contribution in [2.45, 2.75) is 19.9 Å². The van der Waals surface area contributed by atoms with E-state index < -0.39 is 0 Å². The molecule has 0 spiro atoms. The SMILES string of the molecule is CCCOc1cccc(CNc2ccccc2OC)c1. The first-order valence-electron chi connectivity index (χ1n) is 6.92. The van der Waals surface area contributed by atoms with E-state index in [-0.39, 0.29) is 0 Å². The molecule has 106 valence electrons. The summed E-state index contributed by atoms with van der Waals surface area (Å²) in [7, 11) is 1.68. The molecule has 0 aliphatic heterocycles. The molecule has 0 bridgehead atoms. The second kappa shape index (κ2) is 7.43. The molecule has 2 rings (SSSR count). The second-order valence-corrected chi connectivity index (χ2v) is 4.55. The molecular formula is C17H21NO2. The Morgan fingerprint density at radius 3 is 2.70 bits per heavy atom. The van der Waals surface area contributed by atoms with Gasteiger partial charge in [-0.2, -0.15) is 0 Å². The van der Waals surface area contributed by atoms with Crippen LogP contribution in [0, 0.1) is 0 Å². The van der Waals surface area contributed by atoms with Crippen molar-refractivity contribution in [2.75, 3.05) is 19.0 Å². The molecule has 3 heteroatoms. The standard InChI is InChI=1S/C17H21NO2/c1-3-11-20-15-8-6-7-14(12-15)13-18-16-9-4-5-10-17(16)19-2/h4-10,12,18H,3,11,13H2,1-2H3. The Morgan fingerprint density at radius 1 is 1.05 bits per heavy atom. The van der Waals surface area contributed by atoms with Crippen LogP contribution < -0.4 is 14.8 Å². The van der Waals surface area contributed by atoms with Crippen molar-refractivity contribution in [3.05, 3.63) is 54.1 Å². The molecule has 0 aromatic heterocycles. The maximum atomic E-state index is 5.64. The molecule has 0 aliphatic carbocycles. The van der Waals surface area contributed by atoms with Gasteiger partial charge in [-0.3, -0.25) is 0 Å². The fourth-order valence-electron chi connectivity index (χ4n) is 1.95. The van der Waals surface area contributed by atoms with Crippen molar-refractivity contribution in [3.8, 4) is 11.5 Å². The minimum absolute atomic E-state index is 0.740. The molecule has 3 nitrogen and oxygen atoms in total. The minimum Gasteiger partial charge on any atom is -0.495 e. The van der Waals surface area contributed by atoms with E-state index in [1.54, 1.807) is 7.11 Å². The Labute approximate surface area is 120 Å². The van der Waals surface area contributed by atoms with Crippen LogP contribution in [0.15, 0.2) is 48.5 Å². The van der Waals surface area contributed by atoms with Gasteiger partial charge in [0, 0.05) is 6.54 Å². The summed E-state index contributed by atoms with van der Waals surface area (Å²) in [5, 5.41) is 3.38.